The Labute approximate surface area is 176 Å². The summed E-state index contributed by atoms with van der Waals surface area (Å²) in [6.07, 6.45) is -7.33. The summed E-state index contributed by atoms with van der Waals surface area (Å²) < 4.78 is 72.1. The summed E-state index contributed by atoms with van der Waals surface area (Å²) in [6.45, 7) is 2.37. The van der Waals surface area contributed by atoms with Crippen LogP contribution in [0.25, 0.3) is 0 Å². The van der Waals surface area contributed by atoms with E-state index in [1.807, 2.05) is 0 Å². The standard InChI is InChI=1S/C19H26F5N3O4/c1-17(2,3)31-16(30)25-8-11(21)6-13(25)14(28)26-10-18(4-5-18)27(9-12(26)7-20)15(29)19(22,23)24/h11-13H,4-10H2,1-3H3/t11-,12+,13+/m1/s1. The first-order chi connectivity index (χ1) is 14.2. The highest BCUT2D eigenvalue weighted by atomic mass is 19.4. The molecule has 0 bridgehead atoms. The predicted octanol–water partition coefficient (Wildman–Crippen LogP) is 2.44. The van der Waals surface area contributed by atoms with Crippen LogP contribution in [0.1, 0.15) is 40.0 Å². The average molecular weight is 455 g/mol. The summed E-state index contributed by atoms with van der Waals surface area (Å²) >= 11 is 0. The molecule has 1 spiro atoms. The zero-order valence-electron chi connectivity index (χ0n) is 17.5. The van der Waals surface area contributed by atoms with Crippen molar-refractivity contribution in [2.75, 3.05) is 26.3 Å². The van der Waals surface area contributed by atoms with E-state index in [-0.39, 0.29) is 32.4 Å². The second-order valence-corrected chi connectivity index (χ2v) is 9.39. The van der Waals surface area contributed by atoms with Crippen LogP contribution in [-0.4, -0.2) is 94.5 Å². The molecule has 3 rings (SSSR count). The van der Waals surface area contributed by atoms with Crippen molar-refractivity contribution in [3.8, 4) is 0 Å². The summed E-state index contributed by atoms with van der Waals surface area (Å²) in [7, 11) is 0. The number of rotatable bonds is 2. The fourth-order valence-electron chi connectivity index (χ4n) is 4.18. The van der Waals surface area contributed by atoms with E-state index in [2.05, 4.69) is 0 Å². The Morgan fingerprint density at radius 3 is 2.16 bits per heavy atom. The van der Waals surface area contributed by atoms with Crippen molar-refractivity contribution >= 4 is 17.9 Å². The first-order valence-corrected chi connectivity index (χ1v) is 10.1. The van der Waals surface area contributed by atoms with Gasteiger partial charge in [-0.2, -0.15) is 13.2 Å². The topological polar surface area (TPSA) is 70.2 Å². The lowest BCUT2D eigenvalue weighted by molar-refractivity contribution is -0.193. The highest BCUT2D eigenvalue weighted by Crippen LogP contribution is 2.47. The van der Waals surface area contributed by atoms with E-state index in [9.17, 15) is 36.3 Å². The zero-order chi connectivity index (χ0) is 23.4. The summed E-state index contributed by atoms with van der Waals surface area (Å²) in [5.74, 6) is -2.81. The van der Waals surface area contributed by atoms with Crippen molar-refractivity contribution in [2.24, 2.45) is 0 Å². The molecule has 7 nitrogen and oxygen atoms in total. The Morgan fingerprint density at radius 1 is 1.06 bits per heavy atom. The van der Waals surface area contributed by atoms with E-state index >= 15 is 0 Å². The Morgan fingerprint density at radius 2 is 1.68 bits per heavy atom. The maximum Gasteiger partial charge on any atom is 0.471 e. The van der Waals surface area contributed by atoms with Gasteiger partial charge in [0.1, 0.15) is 24.5 Å². The molecule has 3 atom stereocenters. The van der Waals surface area contributed by atoms with Gasteiger partial charge in [-0.25, -0.2) is 13.6 Å². The van der Waals surface area contributed by atoms with Crippen LogP contribution in [0.15, 0.2) is 0 Å². The van der Waals surface area contributed by atoms with Crippen LogP contribution in [0.2, 0.25) is 0 Å². The van der Waals surface area contributed by atoms with Crippen LogP contribution in [-0.2, 0) is 14.3 Å². The molecule has 2 aliphatic heterocycles. The van der Waals surface area contributed by atoms with Crippen molar-refractivity contribution in [2.45, 2.75) is 75.6 Å². The van der Waals surface area contributed by atoms with Crippen molar-refractivity contribution in [3.05, 3.63) is 0 Å². The Bertz CT molecular complexity index is 750. The number of halogens is 5. The first kappa shape index (κ1) is 23.5. The molecule has 31 heavy (non-hydrogen) atoms. The molecule has 3 aliphatic rings. The van der Waals surface area contributed by atoms with Crippen LogP contribution >= 0.6 is 0 Å². The van der Waals surface area contributed by atoms with Gasteiger partial charge in [0.25, 0.3) is 0 Å². The number of alkyl halides is 5. The number of ether oxygens (including phenoxy) is 1. The molecule has 0 aromatic rings. The van der Waals surface area contributed by atoms with Crippen LogP contribution in [0.4, 0.5) is 26.7 Å². The highest BCUT2D eigenvalue weighted by Gasteiger charge is 2.61. The Balaban J connectivity index is 1.81. The van der Waals surface area contributed by atoms with Gasteiger partial charge in [-0.3, -0.25) is 14.5 Å². The lowest BCUT2D eigenvalue weighted by Crippen LogP contribution is -2.66. The lowest BCUT2D eigenvalue weighted by atomic mass is 10.0. The third-order valence-corrected chi connectivity index (χ3v) is 5.81. The second-order valence-electron chi connectivity index (χ2n) is 9.39. The van der Waals surface area contributed by atoms with Crippen molar-refractivity contribution in [1.82, 2.24) is 14.7 Å². The number of nitrogens with zero attached hydrogens (tertiary/aromatic N) is 3. The van der Waals surface area contributed by atoms with Gasteiger partial charge in [0.15, 0.2) is 0 Å². The van der Waals surface area contributed by atoms with Gasteiger partial charge in [-0.05, 0) is 33.6 Å². The van der Waals surface area contributed by atoms with Gasteiger partial charge in [0, 0.05) is 19.5 Å². The lowest BCUT2D eigenvalue weighted by Gasteiger charge is -2.47. The molecule has 0 N–H and O–H groups in total. The summed E-state index contributed by atoms with van der Waals surface area (Å²) in [5, 5.41) is 0. The molecule has 1 aliphatic carbocycles. The molecule has 0 aromatic heterocycles. The van der Waals surface area contributed by atoms with E-state index in [4.69, 9.17) is 4.74 Å². The predicted molar refractivity (Wildman–Crippen MR) is 97.5 cm³/mol. The number of hydrogen-bond donors (Lipinski definition) is 0. The molecule has 176 valence electrons. The third-order valence-electron chi connectivity index (χ3n) is 5.81. The smallest absolute Gasteiger partial charge is 0.444 e. The molecular formula is C19H26F5N3O4. The van der Waals surface area contributed by atoms with Gasteiger partial charge in [0.05, 0.1) is 18.1 Å². The van der Waals surface area contributed by atoms with Crippen LogP contribution < -0.4 is 0 Å². The maximum absolute atomic E-state index is 14.1. The molecule has 3 amide bonds. The van der Waals surface area contributed by atoms with Gasteiger partial charge in [-0.15, -0.1) is 0 Å². The molecule has 1 saturated carbocycles. The van der Waals surface area contributed by atoms with E-state index in [0.29, 0.717) is 4.90 Å². The largest absolute Gasteiger partial charge is 0.471 e. The van der Waals surface area contributed by atoms with Crippen LogP contribution in [0.5, 0.6) is 0 Å². The quantitative estimate of drug-likeness (QED) is 0.600. The zero-order valence-corrected chi connectivity index (χ0v) is 17.5. The number of piperazine rings is 1. The van der Waals surface area contributed by atoms with Crippen molar-refractivity contribution in [3.63, 3.8) is 0 Å². The minimum atomic E-state index is -5.11. The molecule has 12 heteroatoms. The van der Waals surface area contributed by atoms with Gasteiger partial charge < -0.3 is 14.5 Å². The van der Waals surface area contributed by atoms with E-state index in [1.54, 1.807) is 20.8 Å². The van der Waals surface area contributed by atoms with E-state index in [1.165, 1.54) is 0 Å². The van der Waals surface area contributed by atoms with Gasteiger partial charge in [0.2, 0.25) is 5.91 Å². The Hall–Kier alpha value is -2.14. The first-order valence-electron chi connectivity index (χ1n) is 10.1. The van der Waals surface area contributed by atoms with Crippen LogP contribution in [0.3, 0.4) is 0 Å². The Kier molecular flexibility index (Phi) is 5.90. The minimum absolute atomic E-state index is 0.240. The van der Waals surface area contributed by atoms with E-state index < -0.39 is 66.7 Å². The average Bonchev–Trinajstić information content (AvgIpc) is 3.29. The number of hydrogen-bond acceptors (Lipinski definition) is 4. The highest BCUT2D eigenvalue weighted by molar-refractivity contribution is 5.88. The molecule has 0 aromatic carbocycles. The monoisotopic (exact) mass is 455 g/mol. The van der Waals surface area contributed by atoms with Crippen molar-refractivity contribution < 1.29 is 41.1 Å². The molecule has 0 unspecified atom stereocenters. The van der Waals surface area contributed by atoms with Crippen molar-refractivity contribution in [1.29, 1.82) is 0 Å². The maximum atomic E-state index is 14.1. The number of carbonyl (C=O) groups excluding carboxylic acids is 3. The third kappa shape index (κ3) is 4.72. The SMILES string of the molecule is CC(C)(C)OC(=O)N1C[C@H](F)C[C@H]1C(=O)N1CC2(CC2)N(C(=O)C(F)(F)F)C[C@@H]1CF. The normalized spacial score (nSPS) is 28.1. The van der Waals surface area contributed by atoms with E-state index in [0.717, 1.165) is 9.80 Å². The molecular weight excluding hydrogens is 429 g/mol. The fraction of sp³-hybridized carbons (Fsp3) is 0.842. The minimum Gasteiger partial charge on any atom is -0.444 e. The molecule has 0 radical (unpaired) electrons. The summed E-state index contributed by atoms with van der Waals surface area (Å²) in [6, 6.07) is -2.57. The molecule has 2 heterocycles. The number of likely N-dealkylation sites (tertiary alicyclic amines) is 1. The van der Waals surface area contributed by atoms with Gasteiger partial charge >= 0.3 is 18.2 Å². The number of amides is 3. The summed E-state index contributed by atoms with van der Waals surface area (Å²) in [4.78, 5) is 40.1. The van der Waals surface area contributed by atoms with Gasteiger partial charge in [-0.1, -0.05) is 0 Å². The fourth-order valence-corrected chi connectivity index (χ4v) is 4.18. The molecule has 2 saturated heterocycles. The second kappa shape index (κ2) is 7.77. The molecule has 3 fully saturated rings. The number of carbonyl (C=O) groups is 3. The van der Waals surface area contributed by atoms with Crippen LogP contribution in [0, 0.1) is 0 Å². The summed E-state index contributed by atoms with van der Waals surface area (Å²) in [5.41, 5.74) is -2.10.